The van der Waals surface area contributed by atoms with Crippen molar-refractivity contribution in [3.8, 4) is 0 Å². The molecule has 2 heterocycles. The lowest BCUT2D eigenvalue weighted by atomic mass is 9.77. The SMILES string of the molecule is CC(C)c1cc(N(c2cc(C(C)(C)C)cc(C(C)(C)C)c2)c2ccc3c(c2)oc2c(C(C)(C)C)c4cc5c(oc6cc(N(c7cc(C(C)(C)C)cc(C(C)(C)C)c7)c7cc(C(C)(C)C)cc(C(C)(C)C)c7)ccc65)c(C(C)(C)C)c4cc23)cc(C(C)(C)C)c1. The zero-order valence-corrected chi connectivity index (χ0v) is 60.3. The summed E-state index contributed by atoms with van der Waals surface area (Å²) in [6, 6.07) is 47.9. The highest BCUT2D eigenvalue weighted by Gasteiger charge is 2.34. The third-order valence-electron chi connectivity index (χ3n) is 18.8. The standard InChI is InChI=1S/C85H108N2O2/c1-50(2)51-34-52(77(3,4)5)39-61(35-51)86(62-40-53(78(6,7)8)36-54(41-62)79(9,10)11)59-30-32-65-69-48-67-68(73(84(24,25)26)75(69)88-71(65)46-59)49-70-66-33-31-60(47-72(66)89-76(70)74(67)85(27,28)29)87(63-42-55(80(12,13)14)37-56(43-63)81(15,16)17)64-44-57(82(18,19)20)38-58(45-64)83(21,22)23/h30-50H,1-29H3. The summed E-state index contributed by atoms with van der Waals surface area (Å²) >= 11 is 0. The summed E-state index contributed by atoms with van der Waals surface area (Å²) in [5.74, 6) is 0.348. The van der Waals surface area contributed by atoms with E-state index in [1.54, 1.807) is 0 Å². The summed E-state index contributed by atoms with van der Waals surface area (Å²) < 4.78 is 15.0. The van der Waals surface area contributed by atoms with Gasteiger partial charge in [-0.05, 0) is 195 Å². The quantitative estimate of drug-likeness (QED) is 0.159. The summed E-state index contributed by atoms with van der Waals surface area (Å²) in [6.07, 6.45) is 0. The van der Waals surface area contributed by atoms with Crippen LogP contribution in [0.25, 0.3) is 54.6 Å². The van der Waals surface area contributed by atoms with E-state index in [-0.39, 0.29) is 48.7 Å². The third-order valence-corrected chi connectivity index (χ3v) is 18.8. The van der Waals surface area contributed by atoms with E-state index in [2.05, 4.69) is 332 Å². The van der Waals surface area contributed by atoms with Gasteiger partial charge in [-0.1, -0.05) is 225 Å². The van der Waals surface area contributed by atoms with Gasteiger partial charge in [0.05, 0.1) is 0 Å². The summed E-state index contributed by atoms with van der Waals surface area (Å²) in [4.78, 5) is 5.00. The number of anilines is 6. The fraction of sp³-hybridized carbons (Fsp3) is 0.459. The first-order valence-corrected chi connectivity index (χ1v) is 33.2. The smallest absolute Gasteiger partial charge is 0.139 e. The van der Waals surface area contributed by atoms with Crippen molar-refractivity contribution in [2.75, 3.05) is 9.80 Å². The second kappa shape index (κ2) is 21.4. The monoisotopic (exact) mass is 1190 g/mol. The molecule has 0 aliphatic rings. The molecule has 0 bridgehead atoms. The molecule has 470 valence electrons. The maximum absolute atomic E-state index is 7.48. The molecule has 8 aromatic carbocycles. The van der Waals surface area contributed by atoms with Gasteiger partial charge in [-0.15, -0.1) is 0 Å². The van der Waals surface area contributed by atoms with Gasteiger partial charge in [-0.3, -0.25) is 0 Å². The molecule has 0 unspecified atom stereocenters. The van der Waals surface area contributed by atoms with Gasteiger partial charge >= 0.3 is 0 Å². The van der Waals surface area contributed by atoms with E-state index in [1.165, 1.54) is 66.4 Å². The number of rotatable bonds is 7. The molecule has 0 spiro atoms. The van der Waals surface area contributed by atoms with Gasteiger partial charge in [0, 0.05) is 78.9 Å². The summed E-state index contributed by atoms with van der Waals surface area (Å²) in [5.41, 5.74) is 22.2. The molecule has 10 aromatic rings. The van der Waals surface area contributed by atoms with Crippen LogP contribution < -0.4 is 9.80 Å². The number of fused-ring (bicyclic) bond motifs is 7. The second-order valence-corrected chi connectivity index (χ2v) is 36.1. The van der Waals surface area contributed by atoms with Crippen molar-refractivity contribution < 1.29 is 8.83 Å². The van der Waals surface area contributed by atoms with Gasteiger partial charge in [0.15, 0.2) is 0 Å². The lowest BCUT2D eigenvalue weighted by molar-refractivity contribution is 0.567. The van der Waals surface area contributed by atoms with E-state index in [0.717, 1.165) is 78.0 Å². The molecule has 89 heavy (non-hydrogen) atoms. The highest BCUT2D eigenvalue weighted by molar-refractivity contribution is 6.19. The van der Waals surface area contributed by atoms with Crippen LogP contribution in [0.4, 0.5) is 34.1 Å². The van der Waals surface area contributed by atoms with Crippen LogP contribution in [-0.4, -0.2) is 0 Å². The Morgan fingerprint density at radius 3 is 0.753 bits per heavy atom. The molecular formula is C85H108N2O2. The Morgan fingerprint density at radius 1 is 0.247 bits per heavy atom. The Balaban J connectivity index is 1.25. The number of benzene rings is 8. The normalized spacial score (nSPS) is 13.8. The minimum Gasteiger partial charge on any atom is -0.456 e. The van der Waals surface area contributed by atoms with Crippen molar-refractivity contribution in [3.05, 3.63) is 177 Å². The maximum Gasteiger partial charge on any atom is 0.139 e. The second-order valence-electron chi connectivity index (χ2n) is 36.1. The Hall–Kier alpha value is -6.78. The maximum atomic E-state index is 7.48. The summed E-state index contributed by atoms with van der Waals surface area (Å²) in [5, 5.41) is 6.85. The first-order chi connectivity index (χ1) is 40.6. The zero-order valence-electron chi connectivity index (χ0n) is 60.3. The van der Waals surface area contributed by atoms with Gasteiger partial charge in [0.25, 0.3) is 0 Å². The fourth-order valence-electron chi connectivity index (χ4n) is 13.0. The minimum absolute atomic E-state index is 0.0572. The van der Waals surface area contributed by atoms with E-state index in [0.29, 0.717) is 5.92 Å². The highest BCUT2D eigenvalue weighted by atomic mass is 16.3. The first-order valence-electron chi connectivity index (χ1n) is 33.2. The van der Waals surface area contributed by atoms with E-state index in [1.807, 2.05) is 0 Å². The molecule has 0 fully saturated rings. The van der Waals surface area contributed by atoms with E-state index in [4.69, 9.17) is 8.83 Å². The largest absolute Gasteiger partial charge is 0.456 e. The van der Waals surface area contributed by atoms with Gasteiger partial charge in [-0.2, -0.15) is 0 Å². The molecule has 4 heteroatoms. The number of hydrogen-bond acceptors (Lipinski definition) is 4. The van der Waals surface area contributed by atoms with Crippen LogP contribution in [0.15, 0.2) is 130 Å². The number of furan rings is 2. The average molecular weight is 1190 g/mol. The average Bonchev–Trinajstić information content (AvgIpc) is 1.67. The molecule has 4 nitrogen and oxygen atoms in total. The topological polar surface area (TPSA) is 32.8 Å². The first kappa shape index (κ1) is 65.2. The fourth-order valence-corrected chi connectivity index (χ4v) is 13.0. The molecule has 0 atom stereocenters. The molecule has 0 aliphatic heterocycles. The third kappa shape index (κ3) is 12.6. The summed E-state index contributed by atoms with van der Waals surface area (Å²) in [6.45, 7) is 67.7. The molecular weight excluding hydrogens is 1080 g/mol. The van der Waals surface area contributed by atoms with Crippen molar-refractivity contribution in [1.29, 1.82) is 0 Å². The van der Waals surface area contributed by atoms with Crippen LogP contribution in [0.2, 0.25) is 0 Å². The van der Waals surface area contributed by atoms with E-state index >= 15 is 0 Å². The lowest BCUT2D eigenvalue weighted by Crippen LogP contribution is -2.21. The van der Waals surface area contributed by atoms with Crippen LogP contribution >= 0.6 is 0 Å². The van der Waals surface area contributed by atoms with E-state index < -0.39 is 0 Å². The van der Waals surface area contributed by atoms with Crippen LogP contribution in [0.1, 0.15) is 262 Å². The Bertz CT molecular complexity index is 4220. The van der Waals surface area contributed by atoms with Crippen molar-refractivity contribution in [1.82, 2.24) is 0 Å². The van der Waals surface area contributed by atoms with Gasteiger partial charge in [0.1, 0.15) is 22.3 Å². The molecule has 10 rings (SSSR count). The van der Waals surface area contributed by atoms with Crippen molar-refractivity contribution in [3.63, 3.8) is 0 Å². The van der Waals surface area contributed by atoms with E-state index in [9.17, 15) is 0 Å². The predicted octanol–water partition coefficient (Wildman–Crippen LogP) is 26.4. The van der Waals surface area contributed by atoms with Crippen LogP contribution in [0.5, 0.6) is 0 Å². The van der Waals surface area contributed by atoms with Crippen LogP contribution in [0.3, 0.4) is 0 Å². The predicted molar refractivity (Wildman–Crippen MR) is 390 cm³/mol. The van der Waals surface area contributed by atoms with Crippen LogP contribution in [0, 0.1) is 0 Å². The molecule has 0 saturated carbocycles. The molecule has 0 saturated heterocycles. The van der Waals surface area contributed by atoms with Gasteiger partial charge in [-0.25, -0.2) is 0 Å². The Morgan fingerprint density at radius 2 is 0.506 bits per heavy atom. The molecule has 2 aromatic heterocycles. The van der Waals surface area contributed by atoms with Gasteiger partial charge in [0.2, 0.25) is 0 Å². The Kier molecular flexibility index (Phi) is 15.7. The number of hydrogen-bond donors (Lipinski definition) is 0. The molecule has 0 radical (unpaired) electrons. The van der Waals surface area contributed by atoms with Crippen molar-refractivity contribution in [2.24, 2.45) is 0 Å². The lowest BCUT2D eigenvalue weighted by Gasteiger charge is -2.33. The Labute approximate surface area is 536 Å². The minimum atomic E-state index is -0.298. The van der Waals surface area contributed by atoms with Gasteiger partial charge < -0.3 is 18.6 Å². The van der Waals surface area contributed by atoms with Crippen molar-refractivity contribution in [2.45, 2.75) is 255 Å². The van der Waals surface area contributed by atoms with Crippen LogP contribution in [-0.2, 0) is 48.7 Å². The zero-order chi connectivity index (χ0) is 65.8. The summed E-state index contributed by atoms with van der Waals surface area (Å²) in [7, 11) is 0. The highest BCUT2D eigenvalue weighted by Crippen LogP contribution is 2.52. The molecule has 0 amide bonds. The van der Waals surface area contributed by atoms with Crippen molar-refractivity contribution >= 4 is 88.8 Å². The molecule has 0 N–H and O–H groups in total. The number of nitrogens with zero attached hydrogens (tertiary/aromatic N) is 2. The molecule has 0 aliphatic carbocycles.